The normalized spacial score (nSPS) is 25.8. The zero-order chi connectivity index (χ0) is 16.4. The van der Waals surface area contributed by atoms with Crippen molar-refractivity contribution in [3.63, 3.8) is 0 Å². The molecule has 0 aromatic carbocycles. The molecule has 2 aliphatic carbocycles. The van der Waals surface area contributed by atoms with Gasteiger partial charge in [0.15, 0.2) is 0 Å². The molecule has 2 rings (SSSR count). The molecule has 0 aliphatic heterocycles. The summed E-state index contributed by atoms with van der Waals surface area (Å²) in [4.78, 5) is 0. The van der Waals surface area contributed by atoms with Crippen molar-refractivity contribution in [3.8, 4) is 0 Å². The molecular formula is C20H38Br2Si. The zero-order valence-electron chi connectivity index (χ0n) is 15.1. The minimum atomic E-state index is -1.46. The highest BCUT2D eigenvalue weighted by molar-refractivity contribution is 9.51. The van der Waals surface area contributed by atoms with Gasteiger partial charge in [0.2, 0.25) is 5.31 Å². The van der Waals surface area contributed by atoms with E-state index in [-0.39, 0.29) is 0 Å². The zero-order valence-corrected chi connectivity index (χ0v) is 19.3. The van der Waals surface area contributed by atoms with E-state index in [1.165, 1.54) is 116 Å². The fourth-order valence-electron chi connectivity index (χ4n) is 4.72. The number of hydrogen-bond donors (Lipinski definition) is 0. The van der Waals surface area contributed by atoms with E-state index in [0.29, 0.717) is 0 Å². The van der Waals surface area contributed by atoms with Crippen molar-refractivity contribution >= 4 is 35.9 Å². The lowest BCUT2D eigenvalue weighted by Gasteiger charge is -2.37. The smallest absolute Gasteiger partial charge is 0.110 e. The van der Waals surface area contributed by atoms with Crippen LogP contribution in [0.1, 0.15) is 116 Å². The largest absolute Gasteiger partial charge is 0.207 e. The van der Waals surface area contributed by atoms with E-state index in [9.17, 15) is 0 Å². The van der Waals surface area contributed by atoms with E-state index in [1.54, 1.807) is 0 Å². The van der Waals surface area contributed by atoms with Crippen molar-refractivity contribution in [1.82, 2.24) is 0 Å². The second-order valence-electron chi connectivity index (χ2n) is 8.17. The first-order valence-electron chi connectivity index (χ1n) is 10.6. The minimum absolute atomic E-state index is 0.966. The molecule has 0 aromatic rings. The summed E-state index contributed by atoms with van der Waals surface area (Å²) in [7, 11) is 0. The molecule has 136 valence electrons. The van der Waals surface area contributed by atoms with E-state index in [1.807, 2.05) is 0 Å². The van der Waals surface area contributed by atoms with Crippen LogP contribution < -0.4 is 0 Å². The van der Waals surface area contributed by atoms with Gasteiger partial charge < -0.3 is 0 Å². The van der Waals surface area contributed by atoms with E-state index in [0.717, 1.165) is 11.1 Å². The number of hydrogen-bond acceptors (Lipinski definition) is 0. The Morgan fingerprint density at radius 2 is 0.609 bits per heavy atom. The lowest BCUT2D eigenvalue weighted by Crippen LogP contribution is -2.33. The van der Waals surface area contributed by atoms with Crippen LogP contribution >= 0.6 is 30.6 Å². The van der Waals surface area contributed by atoms with Gasteiger partial charge in [-0.1, -0.05) is 116 Å². The summed E-state index contributed by atoms with van der Waals surface area (Å²) in [6.07, 6.45) is 26.6. The van der Waals surface area contributed by atoms with Crippen LogP contribution in [0.25, 0.3) is 0 Å². The summed E-state index contributed by atoms with van der Waals surface area (Å²) in [6.45, 7) is 0. The summed E-state index contributed by atoms with van der Waals surface area (Å²) in [6, 6.07) is 0. The molecule has 0 spiro atoms. The molecule has 0 amide bonds. The number of halogens is 2. The van der Waals surface area contributed by atoms with Crippen molar-refractivity contribution in [2.24, 2.45) is 0 Å². The van der Waals surface area contributed by atoms with E-state index < -0.39 is 5.31 Å². The second-order valence-corrected chi connectivity index (χ2v) is 22.2. The van der Waals surface area contributed by atoms with Gasteiger partial charge in [0, 0.05) is 0 Å². The average Bonchev–Trinajstić information content (AvgIpc) is 2.57. The van der Waals surface area contributed by atoms with Crippen LogP contribution in [0.4, 0.5) is 0 Å². The SMILES string of the molecule is Br[Si](Br)(C1CCCCCCCCC1)C1CCCCCCCCC1. The molecule has 0 radical (unpaired) electrons. The first kappa shape index (κ1) is 20.5. The highest BCUT2D eigenvalue weighted by atomic mass is 79.9. The molecule has 0 heterocycles. The van der Waals surface area contributed by atoms with Gasteiger partial charge in [0.1, 0.15) is 0 Å². The van der Waals surface area contributed by atoms with Crippen LogP contribution in [0.2, 0.25) is 11.1 Å². The van der Waals surface area contributed by atoms with Gasteiger partial charge >= 0.3 is 0 Å². The molecule has 2 aliphatic rings. The third-order valence-corrected chi connectivity index (χ3v) is 17.4. The molecule has 23 heavy (non-hydrogen) atoms. The van der Waals surface area contributed by atoms with Gasteiger partial charge in [-0.05, 0) is 11.1 Å². The Hall–Kier alpha value is 1.18. The van der Waals surface area contributed by atoms with Gasteiger partial charge in [0.05, 0.1) is 0 Å². The van der Waals surface area contributed by atoms with Gasteiger partial charge in [0.25, 0.3) is 0 Å². The Balaban J connectivity index is 1.95. The summed E-state index contributed by atoms with van der Waals surface area (Å²) in [5, 5.41) is -1.46. The van der Waals surface area contributed by atoms with Crippen LogP contribution in [-0.2, 0) is 0 Å². The molecule has 2 fully saturated rings. The average molecular weight is 466 g/mol. The fourth-order valence-corrected chi connectivity index (χ4v) is 13.2. The quantitative estimate of drug-likeness (QED) is 0.281. The fraction of sp³-hybridized carbons (Fsp3) is 1.00. The predicted octanol–water partition coefficient (Wildman–Crippen LogP) is 9.01. The molecular weight excluding hydrogens is 428 g/mol. The Labute approximate surface area is 162 Å². The van der Waals surface area contributed by atoms with Crippen LogP contribution in [0, 0.1) is 0 Å². The van der Waals surface area contributed by atoms with Gasteiger partial charge in [-0.3, -0.25) is 0 Å². The Morgan fingerprint density at radius 1 is 0.391 bits per heavy atom. The third kappa shape index (κ3) is 7.52. The van der Waals surface area contributed by atoms with Crippen molar-refractivity contribution in [2.45, 2.75) is 127 Å². The highest BCUT2D eigenvalue weighted by Crippen LogP contribution is 2.52. The summed E-state index contributed by atoms with van der Waals surface area (Å²) in [5.74, 6) is 0. The molecule has 2 saturated carbocycles. The Kier molecular flexibility index (Phi) is 10.4. The van der Waals surface area contributed by atoms with E-state index >= 15 is 0 Å². The summed E-state index contributed by atoms with van der Waals surface area (Å²) >= 11 is 8.74. The highest BCUT2D eigenvalue weighted by Gasteiger charge is 2.42. The van der Waals surface area contributed by atoms with Crippen LogP contribution in [0.5, 0.6) is 0 Å². The molecule has 0 unspecified atom stereocenters. The van der Waals surface area contributed by atoms with Crippen molar-refractivity contribution in [3.05, 3.63) is 0 Å². The first-order chi connectivity index (χ1) is 11.2. The summed E-state index contributed by atoms with van der Waals surface area (Å²) < 4.78 is 0. The standard InChI is InChI=1S/C20H38Br2Si/c21-23(22,19-15-11-7-3-1-4-8-12-16-19)20-17-13-9-5-2-6-10-14-18-20/h19-20H,1-18H2. The van der Waals surface area contributed by atoms with Crippen molar-refractivity contribution in [2.75, 3.05) is 0 Å². The number of rotatable bonds is 2. The molecule has 0 N–H and O–H groups in total. The Morgan fingerprint density at radius 3 is 0.870 bits per heavy atom. The third-order valence-electron chi connectivity index (χ3n) is 6.30. The van der Waals surface area contributed by atoms with Gasteiger partial charge in [-0.2, -0.15) is 0 Å². The first-order valence-corrected chi connectivity index (χ1v) is 17.3. The van der Waals surface area contributed by atoms with Crippen LogP contribution in [0.3, 0.4) is 0 Å². The van der Waals surface area contributed by atoms with Crippen molar-refractivity contribution in [1.29, 1.82) is 0 Å². The predicted molar refractivity (Wildman–Crippen MR) is 114 cm³/mol. The van der Waals surface area contributed by atoms with E-state index in [2.05, 4.69) is 30.6 Å². The molecule has 0 nitrogen and oxygen atoms in total. The second kappa shape index (κ2) is 11.7. The van der Waals surface area contributed by atoms with Crippen LogP contribution in [-0.4, -0.2) is 5.31 Å². The van der Waals surface area contributed by atoms with E-state index in [4.69, 9.17) is 0 Å². The van der Waals surface area contributed by atoms with Crippen molar-refractivity contribution < 1.29 is 0 Å². The lowest BCUT2D eigenvalue weighted by atomic mass is 10.00. The maximum Gasteiger partial charge on any atom is 0.207 e. The monoisotopic (exact) mass is 464 g/mol. The van der Waals surface area contributed by atoms with Crippen LogP contribution in [0.15, 0.2) is 0 Å². The molecule has 0 aromatic heterocycles. The van der Waals surface area contributed by atoms with Gasteiger partial charge in [-0.25, -0.2) is 0 Å². The maximum atomic E-state index is 4.37. The minimum Gasteiger partial charge on any atom is -0.110 e. The maximum absolute atomic E-state index is 4.37. The van der Waals surface area contributed by atoms with Gasteiger partial charge in [-0.15, -0.1) is 30.6 Å². The topological polar surface area (TPSA) is 0 Å². The Bertz CT molecular complexity index is 258. The molecule has 0 saturated heterocycles. The molecule has 0 atom stereocenters. The molecule has 3 heteroatoms. The molecule has 0 bridgehead atoms. The summed E-state index contributed by atoms with van der Waals surface area (Å²) in [5.41, 5.74) is 1.93. The lowest BCUT2D eigenvalue weighted by molar-refractivity contribution is 0.479.